The highest BCUT2D eigenvalue weighted by Crippen LogP contribution is 2.18. The molecule has 6 nitrogen and oxygen atoms in total. The zero-order chi connectivity index (χ0) is 18.7. The van der Waals surface area contributed by atoms with Crippen LogP contribution in [0.5, 0.6) is 0 Å². The molecule has 2 aromatic heterocycles. The number of hydrogen-bond donors (Lipinski definition) is 2. The first-order valence-corrected chi connectivity index (χ1v) is 8.85. The number of H-pyrrole nitrogens is 1. The van der Waals surface area contributed by atoms with Gasteiger partial charge < -0.3 is 5.32 Å². The van der Waals surface area contributed by atoms with Crippen molar-refractivity contribution in [2.75, 3.05) is 0 Å². The van der Waals surface area contributed by atoms with Crippen LogP contribution in [0.1, 0.15) is 35.3 Å². The van der Waals surface area contributed by atoms with E-state index >= 15 is 0 Å². The van der Waals surface area contributed by atoms with Crippen LogP contribution < -0.4 is 5.32 Å². The Labute approximate surface area is 153 Å². The third kappa shape index (κ3) is 4.02. The predicted octanol–water partition coefficient (Wildman–Crippen LogP) is 2.81. The van der Waals surface area contributed by atoms with Gasteiger partial charge in [0.05, 0.1) is 23.5 Å². The lowest BCUT2D eigenvalue weighted by Crippen LogP contribution is -2.35. The Balaban J connectivity index is 1.67. The molecular weight excluding hydrogens is 326 g/mol. The van der Waals surface area contributed by atoms with E-state index in [0.29, 0.717) is 12.8 Å². The quantitative estimate of drug-likeness (QED) is 0.717. The first-order valence-electron chi connectivity index (χ1n) is 8.85. The molecule has 0 unspecified atom stereocenters. The summed E-state index contributed by atoms with van der Waals surface area (Å²) < 4.78 is 1.90. The zero-order valence-corrected chi connectivity index (χ0v) is 15.7. The minimum absolute atomic E-state index is 0.00330. The van der Waals surface area contributed by atoms with E-state index in [9.17, 15) is 4.79 Å². The maximum Gasteiger partial charge on any atom is 0.224 e. The molecule has 2 heterocycles. The van der Waals surface area contributed by atoms with Crippen LogP contribution in [0, 0.1) is 20.8 Å². The SMILES string of the molecule is Cc1cc(C[C@H](C)NC(=O)Cc2c(C)nn(-c3ccccc3)c2C)n[nH]1. The summed E-state index contributed by atoms with van der Waals surface area (Å²) in [4.78, 5) is 12.5. The van der Waals surface area contributed by atoms with Crippen molar-refractivity contribution in [3.05, 3.63) is 64.7 Å². The van der Waals surface area contributed by atoms with E-state index in [2.05, 4.69) is 20.6 Å². The summed E-state index contributed by atoms with van der Waals surface area (Å²) in [5, 5.41) is 14.8. The highest BCUT2D eigenvalue weighted by Gasteiger charge is 2.17. The van der Waals surface area contributed by atoms with Gasteiger partial charge in [-0.25, -0.2) is 4.68 Å². The molecule has 6 heteroatoms. The fourth-order valence-corrected chi connectivity index (χ4v) is 3.18. The Kier molecular flexibility index (Phi) is 5.21. The van der Waals surface area contributed by atoms with Gasteiger partial charge in [-0.1, -0.05) is 18.2 Å². The molecule has 1 atom stereocenters. The van der Waals surface area contributed by atoms with Crippen molar-refractivity contribution in [1.82, 2.24) is 25.3 Å². The third-order valence-electron chi connectivity index (χ3n) is 4.46. The van der Waals surface area contributed by atoms with Gasteiger partial charge in [-0.2, -0.15) is 10.2 Å². The van der Waals surface area contributed by atoms with E-state index in [1.807, 2.05) is 68.8 Å². The van der Waals surface area contributed by atoms with Crippen LogP contribution in [0.4, 0.5) is 0 Å². The van der Waals surface area contributed by atoms with Crippen LogP contribution in [-0.4, -0.2) is 31.9 Å². The van der Waals surface area contributed by atoms with Crippen molar-refractivity contribution in [3.8, 4) is 5.69 Å². The molecule has 0 fully saturated rings. The van der Waals surface area contributed by atoms with E-state index in [1.165, 1.54) is 0 Å². The van der Waals surface area contributed by atoms with Gasteiger partial charge in [-0.05, 0) is 45.9 Å². The standard InChI is InChI=1S/C20H25N5O/c1-13(10-17-11-14(2)22-23-17)21-20(26)12-19-15(3)24-25(16(19)4)18-8-6-5-7-9-18/h5-9,11,13H,10,12H2,1-4H3,(H,21,26)(H,22,23)/t13-/m0/s1. The first kappa shape index (κ1) is 17.9. The molecule has 0 saturated carbocycles. The van der Waals surface area contributed by atoms with E-state index < -0.39 is 0 Å². The van der Waals surface area contributed by atoms with Gasteiger partial charge in [0.1, 0.15) is 0 Å². The van der Waals surface area contributed by atoms with Crippen molar-refractivity contribution in [3.63, 3.8) is 0 Å². The van der Waals surface area contributed by atoms with Gasteiger partial charge in [0.25, 0.3) is 0 Å². The molecule has 26 heavy (non-hydrogen) atoms. The third-order valence-corrected chi connectivity index (χ3v) is 4.46. The molecule has 1 aromatic carbocycles. The number of aromatic amines is 1. The number of aromatic nitrogens is 4. The largest absolute Gasteiger partial charge is 0.353 e. The van der Waals surface area contributed by atoms with Gasteiger partial charge in [0, 0.05) is 29.4 Å². The van der Waals surface area contributed by atoms with Crippen molar-refractivity contribution < 1.29 is 4.79 Å². The van der Waals surface area contributed by atoms with Crippen molar-refractivity contribution in [1.29, 1.82) is 0 Å². The summed E-state index contributed by atoms with van der Waals surface area (Å²) in [6.07, 6.45) is 1.03. The fraction of sp³-hybridized carbons (Fsp3) is 0.350. The first-order chi connectivity index (χ1) is 12.4. The molecule has 2 N–H and O–H groups in total. The summed E-state index contributed by atoms with van der Waals surface area (Å²) in [6.45, 7) is 7.92. The van der Waals surface area contributed by atoms with Gasteiger partial charge in [0.15, 0.2) is 0 Å². The number of hydrogen-bond acceptors (Lipinski definition) is 3. The van der Waals surface area contributed by atoms with Crippen LogP contribution >= 0.6 is 0 Å². The van der Waals surface area contributed by atoms with Crippen LogP contribution in [0.3, 0.4) is 0 Å². The number of nitrogens with zero attached hydrogens (tertiary/aromatic N) is 3. The Morgan fingerprint density at radius 2 is 1.96 bits per heavy atom. The molecule has 3 aromatic rings. The summed E-state index contributed by atoms with van der Waals surface area (Å²) in [5.41, 5.74) is 5.85. The average molecular weight is 351 g/mol. The molecule has 0 saturated heterocycles. The number of aryl methyl sites for hydroxylation is 2. The van der Waals surface area contributed by atoms with E-state index in [-0.39, 0.29) is 11.9 Å². The molecule has 1 amide bonds. The monoisotopic (exact) mass is 351 g/mol. The van der Waals surface area contributed by atoms with Crippen molar-refractivity contribution >= 4 is 5.91 Å². The number of para-hydroxylation sites is 1. The molecule has 0 aliphatic carbocycles. The second-order valence-corrected chi connectivity index (χ2v) is 6.79. The minimum atomic E-state index is 0.00330. The van der Waals surface area contributed by atoms with E-state index in [4.69, 9.17) is 0 Å². The molecule has 0 aliphatic heterocycles. The summed E-state index contributed by atoms with van der Waals surface area (Å²) in [7, 11) is 0. The highest BCUT2D eigenvalue weighted by atomic mass is 16.1. The van der Waals surface area contributed by atoms with Crippen LogP contribution in [0.2, 0.25) is 0 Å². The van der Waals surface area contributed by atoms with Crippen molar-refractivity contribution in [2.45, 2.75) is 46.6 Å². The Morgan fingerprint density at radius 3 is 2.62 bits per heavy atom. The molecule has 0 radical (unpaired) electrons. The highest BCUT2D eigenvalue weighted by molar-refractivity contribution is 5.79. The van der Waals surface area contributed by atoms with E-state index in [1.54, 1.807) is 0 Å². The lowest BCUT2D eigenvalue weighted by Gasteiger charge is -2.13. The van der Waals surface area contributed by atoms with Crippen LogP contribution in [0.25, 0.3) is 5.69 Å². The molecule has 0 bridgehead atoms. The number of benzene rings is 1. The number of carbonyl (C=O) groups is 1. The Morgan fingerprint density at radius 1 is 1.23 bits per heavy atom. The summed E-state index contributed by atoms with van der Waals surface area (Å²) in [6, 6.07) is 12.0. The summed E-state index contributed by atoms with van der Waals surface area (Å²) >= 11 is 0. The zero-order valence-electron chi connectivity index (χ0n) is 15.7. The average Bonchev–Trinajstić information content (AvgIpc) is 3.13. The molecule has 3 rings (SSSR count). The van der Waals surface area contributed by atoms with Crippen molar-refractivity contribution in [2.24, 2.45) is 0 Å². The second kappa shape index (κ2) is 7.56. The fourth-order valence-electron chi connectivity index (χ4n) is 3.18. The molecule has 0 aliphatic rings. The number of rotatable bonds is 6. The minimum Gasteiger partial charge on any atom is -0.353 e. The maximum atomic E-state index is 12.5. The van der Waals surface area contributed by atoms with E-state index in [0.717, 1.165) is 34.0 Å². The second-order valence-electron chi connectivity index (χ2n) is 6.79. The Bertz CT molecular complexity index is 894. The summed E-state index contributed by atoms with van der Waals surface area (Å²) in [5.74, 6) is 0.00330. The molecular formula is C20H25N5O. The smallest absolute Gasteiger partial charge is 0.224 e. The van der Waals surface area contributed by atoms with Crippen LogP contribution in [-0.2, 0) is 17.6 Å². The number of carbonyl (C=O) groups excluding carboxylic acids is 1. The van der Waals surface area contributed by atoms with Gasteiger partial charge >= 0.3 is 0 Å². The molecule has 136 valence electrons. The lowest BCUT2D eigenvalue weighted by molar-refractivity contribution is -0.121. The molecule has 0 spiro atoms. The Hall–Kier alpha value is -2.89. The normalized spacial score (nSPS) is 12.2. The lowest BCUT2D eigenvalue weighted by atomic mass is 10.1. The van der Waals surface area contributed by atoms with Gasteiger partial charge in [-0.15, -0.1) is 0 Å². The van der Waals surface area contributed by atoms with Gasteiger partial charge in [-0.3, -0.25) is 9.89 Å². The maximum absolute atomic E-state index is 12.5. The predicted molar refractivity (Wildman–Crippen MR) is 101 cm³/mol. The topological polar surface area (TPSA) is 75.6 Å². The van der Waals surface area contributed by atoms with Gasteiger partial charge in [0.2, 0.25) is 5.91 Å². The number of amides is 1. The van der Waals surface area contributed by atoms with Crippen LogP contribution in [0.15, 0.2) is 36.4 Å². The number of nitrogens with one attached hydrogen (secondary N) is 2.